The van der Waals surface area contributed by atoms with Crippen LogP contribution >= 0.6 is 0 Å². The number of amides is 1. The Kier molecular flexibility index (Phi) is 5.96. The van der Waals surface area contributed by atoms with Crippen LogP contribution in [0.15, 0.2) is 0 Å². The van der Waals surface area contributed by atoms with Crippen LogP contribution in [0.3, 0.4) is 0 Å². The molecule has 5 heteroatoms. The van der Waals surface area contributed by atoms with Crippen LogP contribution in [-0.2, 0) is 14.1 Å². The second kappa shape index (κ2) is 7.12. The highest BCUT2D eigenvalue weighted by Gasteiger charge is 2.52. The third kappa shape index (κ3) is 4.47. The molecule has 0 aromatic carbocycles. The van der Waals surface area contributed by atoms with Crippen molar-refractivity contribution in [2.24, 2.45) is 17.3 Å². The molecule has 0 spiro atoms. The number of rotatable bonds is 5. The molecule has 1 amide bonds. The standard InChI is InChI=1S/C21H40BNO3/c1-10-16-13-15(14-21(16,9)17(24)23-18(2,3)4)11-12-22-25-19(5,6)20(7,8)26-22/h15-16H,10-14H2,1-9H3,(H,23,24). The monoisotopic (exact) mass is 365 g/mol. The summed E-state index contributed by atoms with van der Waals surface area (Å²) < 4.78 is 12.3. The van der Waals surface area contributed by atoms with Crippen LogP contribution in [0.4, 0.5) is 0 Å². The summed E-state index contributed by atoms with van der Waals surface area (Å²) >= 11 is 0. The first-order valence-electron chi connectivity index (χ1n) is 10.4. The average Bonchev–Trinajstić information content (AvgIpc) is 2.89. The van der Waals surface area contributed by atoms with E-state index in [0.717, 1.165) is 32.0 Å². The van der Waals surface area contributed by atoms with Crippen LogP contribution in [0.2, 0.25) is 6.32 Å². The van der Waals surface area contributed by atoms with Crippen molar-refractivity contribution in [3.8, 4) is 0 Å². The molecule has 4 nitrogen and oxygen atoms in total. The molecule has 3 unspecified atom stereocenters. The summed E-state index contributed by atoms with van der Waals surface area (Å²) in [6.07, 6.45) is 5.12. The molecule has 3 atom stereocenters. The minimum atomic E-state index is -0.263. The predicted molar refractivity (Wildman–Crippen MR) is 108 cm³/mol. The van der Waals surface area contributed by atoms with Gasteiger partial charge in [-0.3, -0.25) is 4.79 Å². The van der Waals surface area contributed by atoms with Gasteiger partial charge in [-0.2, -0.15) is 0 Å². The zero-order chi connectivity index (χ0) is 20.0. The van der Waals surface area contributed by atoms with Crippen molar-refractivity contribution in [3.05, 3.63) is 0 Å². The van der Waals surface area contributed by atoms with E-state index in [1.54, 1.807) is 0 Å². The Bertz CT molecular complexity index is 510. The second-order valence-electron chi connectivity index (χ2n) is 10.8. The van der Waals surface area contributed by atoms with Crippen LogP contribution in [0.1, 0.15) is 88.0 Å². The summed E-state index contributed by atoms with van der Waals surface area (Å²) in [7, 11) is -0.129. The molecule has 26 heavy (non-hydrogen) atoms. The summed E-state index contributed by atoms with van der Waals surface area (Å²) in [6, 6.07) is 0. The molecule has 2 aliphatic rings. The maximum absolute atomic E-state index is 13.0. The van der Waals surface area contributed by atoms with Crippen molar-refractivity contribution in [2.75, 3.05) is 0 Å². The lowest BCUT2D eigenvalue weighted by atomic mass is 9.76. The topological polar surface area (TPSA) is 47.6 Å². The summed E-state index contributed by atoms with van der Waals surface area (Å²) in [4.78, 5) is 13.0. The summed E-state index contributed by atoms with van der Waals surface area (Å²) in [5.41, 5.74) is -0.970. The Morgan fingerprint density at radius 1 is 1.12 bits per heavy atom. The Morgan fingerprint density at radius 3 is 2.12 bits per heavy atom. The third-order valence-electron chi connectivity index (χ3n) is 6.84. The fourth-order valence-electron chi connectivity index (χ4n) is 4.57. The lowest BCUT2D eigenvalue weighted by Crippen LogP contribution is -2.49. The van der Waals surface area contributed by atoms with Gasteiger partial charge in [0.05, 0.1) is 11.2 Å². The number of hydrogen-bond donors (Lipinski definition) is 1. The van der Waals surface area contributed by atoms with Crippen molar-refractivity contribution in [1.29, 1.82) is 0 Å². The molecule has 1 N–H and O–H groups in total. The highest BCUT2D eigenvalue weighted by atomic mass is 16.7. The van der Waals surface area contributed by atoms with Gasteiger partial charge in [-0.1, -0.05) is 26.7 Å². The molecule has 150 valence electrons. The van der Waals surface area contributed by atoms with E-state index in [0.29, 0.717) is 11.8 Å². The molecule has 0 aromatic heterocycles. The molecule has 0 radical (unpaired) electrons. The van der Waals surface area contributed by atoms with Gasteiger partial charge in [-0.15, -0.1) is 0 Å². The van der Waals surface area contributed by atoms with E-state index in [1.807, 2.05) is 0 Å². The van der Waals surface area contributed by atoms with Crippen molar-refractivity contribution in [3.63, 3.8) is 0 Å². The van der Waals surface area contributed by atoms with Gasteiger partial charge in [0, 0.05) is 11.0 Å². The Morgan fingerprint density at radius 2 is 1.65 bits per heavy atom. The van der Waals surface area contributed by atoms with Gasteiger partial charge >= 0.3 is 7.12 Å². The first kappa shape index (κ1) is 21.8. The summed E-state index contributed by atoms with van der Waals surface area (Å²) in [6.45, 7) is 18.9. The Balaban J connectivity index is 1.96. The van der Waals surface area contributed by atoms with Crippen LogP contribution in [0.25, 0.3) is 0 Å². The van der Waals surface area contributed by atoms with Crippen LogP contribution in [0.5, 0.6) is 0 Å². The van der Waals surface area contributed by atoms with Crippen LogP contribution in [-0.4, -0.2) is 29.8 Å². The maximum atomic E-state index is 13.0. The van der Waals surface area contributed by atoms with Gasteiger partial charge < -0.3 is 14.6 Å². The number of carbonyl (C=O) groups is 1. The quantitative estimate of drug-likeness (QED) is 0.710. The summed E-state index contributed by atoms with van der Waals surface area (Å²) in [5.74, 6) is 1.23. The second-order valence-corrected chi connectivity index (χ2v) is 10.8. The maximum Gasteiger partial charge on any atom is 0.457 e. The van der Waals surface area contributed by atoms with Crippen molar-refractivity contribution >= 4 is 13.0 Å². The molecule has 1 saturated heterocycles. The predicted octanol–water partition coefficient (Wildman–Crippen LogP) is 4.83. The van der Waals surface area contributed by atoms with E-state index in [2.05, 4.69) is 67.6 Å². The molecular weight excluding hydrogens is 325 g/mol. The normalized spacial score (nSPS) is 33.5. The van der Waals surface area contributed by atoms with Gasteiger partial charge in [-0.25, -0.2) is 0 Å². The molecule has 0 bridgehead atoms. The van der Waals surface area contributed by atoms with Gasteiger partial charge in [-0.05, 0) is 79.5 Å². The fourth-order valence-corrected chi connectivity index (χ4v) is 4.57. The van der Waals surface area contributed by atoms with E-state index in [9.17, 15) is 4.79 Å². The molecule has 2 rings (SSSR count). The van der Waals surface area contributed by atoms with E-state index < -0.39 is 0 Å². The smallest absolute Gasteiger partial charge is 0.403 e. The molecule has 2 fully saturated rings. The number of carbonyl (C=O) groups excluding carboxylic acids is 1. The molecular formula is C21H40BNO3. The van der Waals surface area contributed by atoms with E-state index in [1.165, 1.54) is 0 Å². The number of hydrogen-bond acceptors (Lipinski definition) is 3. The van der Waals surface area contributed by atoms with Gasteiger partial charge in [0.2, 0.25) is 5.91 Å². The third-order valence-corrected chi connectivity index (χ3v) is 6.84. The van der Waals surface area contributed by atoms with Crippen LogP contribution in [0, 0.1) is 17.3 Å². The van der Waals surface area contributed by atoms with Crippen LogP contribution < -0.4 is 5.32 Å². The molecule has 1 saturated carbocycles. The molecule has 1 aliphatic carbocycles. The molecule has 1 aliphatic heterocycles. The van der Waals surface area contributed by atoms with E-state index in [4.69, 9.17) is 9.31 Å². The minimum absolute atomic E-state index is 0.129. The zero-order valence-electron chi connectivity index (χ0n) is 18.5. The lowest BCUT2D eigenvalue weighted by molar-refractivity contribution is -0.133. The SMILES string of the molecule is CCC1CC(CCB2OC(C)(C)C(C)(C)O2)CC1(C)C(=O)NC(C)(C)C. The van der Waals surface area contributed by atoms with Crippen molar-refractivity contribution in [1.82, 2.24) is 5.32 Å². The number of nitrogens with one attached hydrogen (secondary N) is 1. The zero-order valence-corrected chi connectivity index (χ0v) is 18.5. The molecule has 1 heterocycles. The molecule has 0 aromatic rings. The van der Waals surface area contributed by atoms with Crippen molar-refractivity contribution < 1.29 is 14.1 Å². The largest absolute Gasteiger partial charge is 0.457 e. The first-order valence-corrected chi connectivity index (χ1v) is 10.4. The highest BCUT2D eigenvalue weighted by Crippen LogP contribution is 2.50. The first-order chi connectivity index (χ1) is 11.7. The van der Waals surface area contributed by atoms with Crippen molar-refractivity contribution in [2.45, 2.75) is 111 Å². The van der Waals surface area contributed by atoms with E-state index in [-0.39, 0.29) is 35.2 Å². The average molecular weight is 365 g/mol. The lowest BCUT2D eigenvalue weighted by Gasteiger charge is -2.33. The van der Waals surface area contributed by atoms with Gasteiger partial charge in [0.15, 0.2) is 0 Å². The fraction of sp³-hybridized carbons (Fsp3) is 0.952. The van der Waals surface area contributed by atoms with Gasteiger partial charge in [0.25, 0.3) is 0 Å². The highest BCUT2D eigenvalue weighted by molar-refractivity contribution is 6.45. The Labute approximate surface area is 161 Å². The van der Waals surface area contributed by atoms with Gasteiger partial charge in [0.1, 0.15) is 0 Å². The van der Waals surface area contributed by atoms with E-state index >= 15 is 0 Å². The summed E-state index contributed by atoms with van der Waals surface area (Å²) in [5, 5.41) is 3.22. The Hall–Kier alpha value is -0.545. The minimum Gasteiger partial charge on any atom is -0.403 e.